The van der Waals surface area contributed by atoms with Gasteiger partial charge in [-0.2, -0.15) is 0 Å². The van der Waals surface area contributed by atoms with Gasteiger partial charge < -0.3 is 25.5 Å². The van der Waals surface area contributed by atoms with Crippen LogP contribution in [0.2, 0.25) is 0 Å². The summed E-state index contributed by atoms with van der Waals surface area (Å²) in [4.78, 5) is 58.8. The first-order chi connectivity index (χ1) is 13.5. The molecule has 0 spiro atoms. The van der Waals surface area contributed by atoms with Gasteiger partial charge in [-0.1, -0.05) is 6.92 Å². The summed E-state index contributed by atoms with van der Waals surface area (Å²) in [5, 5.41) is 45.0. The number of carbonyl (C=O) groups is 5. The molecule has 0 rings (SSSR count). The molecule has 5 N–H and O–H groups in total. The van der Waals surface area contributed by atoms with Crippen molar-refractivity contribution in [1.82, 2.24) is 14.7 Å². The van der Waals surface area contributed by atoms with Crippen LogP contribution in [0.5, 0.6) is 0 Å². The summed E-state index contributed by atoms with van der Waals surface area (Å²) in [7, 11) is 0. The third-order valence-electron chi connectivity index (χ3n) is 3.95. The first-order valence-electron chi connectivity index (χ1n) is 8.74. The Hall–Kier alpha value is -2.77. The SMILES string of the molecule is CC[C@@H](C(=O)O)N(CCN(CC(=O)O)CC(=O)O)CCN(CC(=O)O)CC(=O)O. The van der Waals surface area contributed by atoms with Gasteiger partial charge >= 0.3 is 29.8 Å². The van der Waals surface area contributed by atoms with E-state index in [1.54, 1.807) is 6.92 Å². The highest BCUT2D eigenvalue weighted by atomic mass is 16.4. The van der Waals surface area contributed by atoms with Crippen LogP contribution in [0.3, 0.4) is 0 Å². The second-order valence-electron chi connectivity index (χ2n) is 6.29. The lowest BCUT2D eigenvalue weighted by Crippen LogP contribution is -2.49. The highest BCUT2D eigenvalue weighted by Crippen LogP contribution is 2.06. The van der Waals surface area contributed by atoms with Crippen LogP contribution >= 0.6 is 0 Å². The van der Waals surface area contributed by atoms with Gasteiger partial charge in [0.25, 0.3) is 0 Å². The highest BCUT2D eigenvalue weighted by Gasteiger charge is 2.26. The molecule has 1 atom stereocenters. The fourth-order valence-electron chi connectivity index (χ4n) is 2.75. The Balaban J connectivity index is 5.23. The first-order valence-corrected chi connectivity index (χ1v) is 8.74. The van der Waals surface area contributed by atoms with Crippen LogP contribution in [0.4, 0.5) is 0 Å². The molecule has 13 nitrogen and oxygen atoms in total. The number of rotatable bonds is 17. The zero-order valence-electron chi connectivity index (χ0n) is 16.1. The average Bonchev–Trinajstić information content (AvgIpc) is 2.54. The molecule has 0 aromatic heterocycles. The Morgan fingerprint density at radius 3 is 1.14 bits per heavy atom. The van der Waals surface area contributed by atoms with E-state index >= 15 is 0 Å². The second-order valence-corrected chi connectivity index (χ2v) is 6.29. The fraction of sp³-hybridized carbons (Fsp3) is 0.688. The molecule has 0 aliphatic heterocycles. The molecule has 0 saturated carbocycles. The molecule has 0 fully saturated rings. The highest BCUT2D eigenvalue weighted by molar-refractivity contribution is 5.74. The van der Waals surface area contributed by atoms with E-state index in [0.29, 0.717) is 0 Å². The molecule has 0 heterocycles. The molecule has 0 unspecified atom stereocenters. The van der Waals surface area contributed by atoms with Crippen LogP contribution < -0.4 is 0 Å². The maximum atomic E-state index is 11.5. The number of carboxylic acid groups (broad SMARTS) is 5. The van der Waals surface area contributed by atoms with Crippen LogP contribution in [0, 0.1) is 0 Å². The Bertz CT molecular complexity index is 525. The lowest BCUT2D eigenvalue weighted by molar-refractivity contribution is -0.146. The van der Waals surface area contributed by atoms with E-state index in [1.165, 1.54) is 4.90 Å². The van der Waals surface area contributed by atoms with Crippen LogP contribution in [0.15, 0.2) is 0 Å². The monoisotopic (exact) mass is 421 g/mol. The summed E-state index contributed by atoms with van der Waals surface area (Å²) in [6.45, 7) is -0.686. The van der Waals surface area contributed by atoms with Crippen molar-refractivity contribution >= 4 is 29.8 Å². The van der Waals surface area contributed by atoms with Gasteiger partial charge in [0.1, 0.15) is 6.04 Å². The van der Waals surface area contributed by atoms with Crippen LogP contribution in [0.1, 0.15) is 13.3 Å². The smallest absolute Gasteiger partial charge is 0.320 e. The predicted octanol–water partition coefficient (Wildman–Crippen LogP) is -1.91. The fourth-order valence-corrected chi connectivity index (χ4v) is 2.75. The maximum absolute atomic E-state index is 11.5. The number of carboxylic acids is 5. The van der Waals surface area contributed by atoms with Crippen molar-refractivity contribution in [2.75, 3.05) is 52.4 Å². The van der Waals surface area contributed by atoms with Crippen molar-refractivity contribution in [2.45, 2.75) is 19.4 Å². The second kappa shape index (κ2) is 13.4. The summed E-state index contributed by atoms with van der Waals surface area (Å²) < 4.78 is 0. The van der Waals surface area contributed by atoms with Gasteiger partial charge in [0, 0.05) is 26.2 Å². The van der Waals surface area contributed by atoms with Crippen molar-refractivity contribution in [2.24, 2.45) is 0 Å². The molecule has 13 heteroatoms. The van der Waals surface area contributed by atoms with Crippen molar-refractivity contribution < 1.29 is 49.5 Å². The average molecular weight is 421 g/mol. The van der Waals surface area contributed by atoms with E-state index in [-0.39, 0.29) is 32.6 Å². The zero-order valence-corrected chi connectivity index (χ0v) is 16.1. The Kier molecular flexibility index (Phi) is 12.1. The van der Waals surface area contributed by atoms with Crippen molar-refractivity contribution in [3.05, 3.63) is 0 Å². The summed E-state index contributed by atoms with van der Waals surface area (Å²) in [6.07, 6.45) is 0.186. The van der Waals surface area contributed by atoms with E-state index in [0.717, 1.165) is 9.80 Å². The number of hydrogen-bond donors (Lipinski definition) is 5. The van der Waals surface area contributed by atoms with E-state index < -0.39 is 62.1 Å². The molecule has 0 radical (unpaired) electrons. The molecule has 29 heavy (non-hydrogen) atoms. The third-order valence-corrected chi connectivity index (χ3v) is 3.95. The molecular formula is C16H27N3O10. The van der Waals surface area contributed by atoms with Gasteiger partial charge in [-0.3, -0.25) is 38.7 Å². The maximum Gasteiger partial charge on any atom is 0.320 e. The Morgan fingerprint density at radius 1 is 0.621 bits per heavy atom. The van der Waals surface area contributed by atoms with Crippen LogP contribution in [-0.4, -0.2) is 128 Å². The Morgan fingerprint density at radius 2 is 0.931 bits per heavy atom. The predicted molar refractivity (Wildman–Crippen MR) is 96.7 cm³/mol. The van der Waals surface area contributed by atoms with E-state index in [9.17, 15) is 29.1 Å². The van der Waals surface area contributed by atoms with E-state index in [4.69, 9.17) is 20.4 Å². The topological polar surface area (TPSA) is 196 Å². The van der Waals surface area contributed by atoms with Crippen molar-refractivity contribution in [3.8, 4) is 0 Å². The third kappa shape index (κ3) is 12.3. The minimum absolute atomic E-state index is 0.000645. The van der Waals surface area contributed by atoms with E-state index in [1.807, 2.05) is 0 Å². The van der Waals surface area contributed by atoms with Gasteiger partial charge in [0.2, 0.25) is 0 Å². The molecule has 0 aliphatic carbocycles. The van der Waals surface area contributed by atoms with E-state index in [2.05, 4.69) is 0 Å². The lowest BCUT2D eigenvalue weighted by atomic mass is 10.2. The number of aliphatic carboxylic acids is 5. The molecule has 0 aliphatic rings. The summed E-state index contributed by atoms with van der Waals surface area (Å²) in [5.41, 5.74) is 0. The minimum Gasteiger partial charge on any atom is -0.480 e. The van der Waals surface area contributed by atoms with Gasteiger partial charge in [-0.05, 0) is 6.42 Å². The van der Waals surface area contributed by atoms with Gasteiger partial charge in [0.15, 0.2) is 0 Å². The molecular weight excluding hydrogens is 394 g/mol. The Labute approximate surface area is 166 Å². The van der Waals surface area contributed by atoms with Gasteiger partial charge in [-0.15, -0.1) is 0 Å². The van der Waals surface area contributed by atoms with Crippen LogP contribution in [-0.2, 0) is 24.0 Å². The zero-order chi connectivity index (χ0) is 22.6. The standard InChI is InChI=1S/C16H27N3O10/c1-2-11(16(28)29)19(5-3-17(7-12(20)21)8-13(22)23)6-4-18(9-14(24)25)10-15(26)27/h11H,2-10H2,1H3,(H,20,21)(H,22,23)(H,24,25)(H,26,27)(H,28,29)/t11-/m0/s1. The number of nitrogens with zero attached hydrogens (tertiary/aromatic N) is 3. The summed E-state index contributed by atoms with van der Waals surface area (Å²) >= 11 is 0. The first kappa shape index (κ1) is 26.2. The minimum atomic E-state index is -1.24. The van der Waals surface area contributed by atoms with Crippen LogP contribution in [0.25, 0.3) is 0 Å². The molecule has 0 saturated heterocycles. The summed E-state index contributed by atoms with van der Waals surface area (Å²) in [6, 6.07) is -0.983. The molecule has 0 aromatic rings. The molecule has 0 aromatic carbocycles. The van der Waals surface area contributed by atoms with Crippen molar-refractivity contribution in [1.29, 1.82) is 0 Å². The molecule has 0 bridgehead atoms. The number of hydrogen-bond acceptors (Lipinski definition) is 8. The molecule has 0 amide bonds. The quantitative estimate of drug-likeness (QED) is 0.175. The van der Waals surface area contributed by atoms with Gasteiger partial charge in [-0.25, -0.2) is 0 Å². The normalized spacial score (nSPS) is 12.3. The summed E-state index contributed by atoms with van der Waals surface area (Å²) in [5.74, 6) is -6.11. The lowest BCUT2D eigenvalue weighted by Gasteiger charge is -2.32. The largest absolute Gasteiger partial charge is 0.480 e. The van der Waals surface area contributed by atoms with Gasteiger partial charge in [0.05, 0.1) is 26.2 Å². The van der Waals surface area contributed by atoms with Crippen molar-refractivity contribution in [3.63, 3.8) is 0 Å². The molecule has 166 valence electrons.